The topological polar surface area (TPSA) is 224 Å². The number of halogens is 2. The van der Waals surface area contributed by atoms with Gasteiger partial charge in [-0.05, 0) is 59.7 Å². The number of hydrogen-bond donors (Lipinski definition) is 11. The Kier molecular flexibility index (Phi) is 17.0. The van der Waals surface area contributed by atoms with Gasteiger partial charge in [-0.3, -0.25) is 9.59 Å². The van der Waals surface area contributed by atoms with Gasteiger partial charge in [-0.15, -0.1) is 24.8 Å². The molecule has 51 heavy (non-hydrogen) atoms. The van der Waals surface area contributed by atoms with Gasteiger partial charge in [0.15, 0.2) is 0 Å². The van der Waals surface area contributed by atoms with Crippen molar-refractivity contribution in [1.29, 1.82) is 0 Å². The van der Waals surface area contributed by atoms with E-state index < -0.39 is 11.6 Å². The maximum absolute atomic E-state index is 13.4. The Labute approximate surface area is 307 Å². The van der Waals surface area contributed by atoms with Crippen molar-refractivity contribution in [2.24, 2.45) is 0 Å². The number of carbonyl (C=O) groups is 2. The summed E-state index contributed by atoms with van der Waals surface area (Å²) in [6, 6.07) is 16.9. The Morgan fingerprint density at radius 3 is 1.33 bits per heavy atom. The average Bonchev–Trinajstić information content (AvgIpc) is 3.07. The number of phenols is 5. The van der Waals surface area contributed by atoms with Gasteiger partial charge < -0.3 is 57.0 Å². The monoisotopic (exact) mass is 744 g/mol. The number of aliphatic hydroxyl groups excluding tert-OH is 2. The first-order chi connectivity index (χ1) is 23.6. The fraction of sp³-hybridized carbons (Fsp3) is 0.222. The van der Waals surface area contributed by atoms with Crippen LogP contribution in [0.1, 0.15) is 43.0 Å². The van der Waals surface area contributed by atoms with Gasteiger partial charge in [0.2, 0.25) is 11.6 Å². The first-order valence-corrected chi connectivity index (χ1v) is 15.6. The van der Waals surface area contributed by atoms with Crippen LogP contribution in [-0.4, -0.2) is 99.8 Å². The lowest BCUT2D eigenvalue weighted by Crippen LogP contribution is -2.28. The van der Waals surface area contributed by atoms with Crippen molar-refractivity contribution in [1.82, 2.24) is 10.6 Å². The summed E-state index contributed by atoms with van der Waals surface area (Å²) in [7, 11) is 0. The molecule has 15 heteroatoms. The molecule has 5 rings (SSSR count). The number of rotatable bonds is 14. The van der Waals surface area contributed by atoms with Gasteiger partial charge in [0.1, 0.15) is 28.7 Å². The first-order valence-electron chi connectivity index (χ1n) is 15.6. The second-order valence-corrected chi connectivity index (χ2v) is 10.9. The molecule has 11 N–H and O–H groups in total. The van der Waals surface area contributed by atoms with Crippen molar-refractivity contribution in [2.75, 3.05) is 63.1 Å². The van der Waals surface area contributed by atoms with Gasteiger partial charge in [-0.2, -0.15) is 0 Å². The summed E-state index contributed by atoms with van der Waals surface area (Å²) in [4.78, 5) is 26.7. The lowest BCUT2D eigenvalue weighted by Gasteiger charge is -2.25. The Morgan fingerprint density at radius 1 is 0.471 bits per heavy atom. The van der Waals surface area contributed by atoms with Crippen LogP contribution in [0.4, 0.5) is 11.4 Å². The summed E-state index contributed by atoms with van der Waals surface area (Å²) in [6.45, 7) is 2.81. The summed E-state index contributed by atoms with van der Waals surface area (Å²) in [6.07, 6.45) is 3.60. The lowest BCUT2D eigenvalue weighted by molar-refractivity contribution is 0.0975. The molecule has 4 aromatic rings. The highest BCUT2D eigenvalue weighted by Gasteiger charge is 2.37. The number of hydrogen-bond acceptors (Lipinski definition) is 13. The molecule has 0 radical (unpaired) electrons. The van der Waals surface area contributed by atoms with E-state index in [1.807, 2.05) is 6.08 Å². The molecule has 0 saturated heterocycles. The number of aliphatic hydroxyl groups is 2. The normalized spacial score (nSPS) is 11.4. The van der Waals surface area contributed by atoms with Crippen molar-refractivity contribution < 1.29 is 45.3 Å². The molecule has 0 heterocycles. The molecule has 0 spiro atoms. The third kappa shape index (κ3) is 11.2. The fourth-order valence-electron chi connectivity index (χ4n) is 5.13. The van der Waals surface area contributed by atoms with Crippen LogP contribution in [0.5, 0.6) is 28.7 Å². The van der Waals surface area contributed by atoms with Crippen LogP contribution in [0, 0.1) is 0 Å². The van der Waals surface area contributed by atoms with Crippen LogP contribution in [0.15, 0.2) is 66.7 Å². The van der Waals surface area contributed by atoms with Crippen LogP contribution in [0.3, 0.4) is 0 Å². The van der Waals surface area contributed by atoms with Crippen molar-refractivity contribution in [3.8, 4) is 28.7 Å². The predicted molar refractivity (Wildman–Crippen MR) is 201 cm³/mol. The Morgan fingerprint density at radius 2 is 0.902 bits per heavy atom. The second-order valence-electron chi connectivity index (χ2n) is 10.9. The number of fused-ring (bicyclic) bond motifs is 2. The number of nitrogens with one attached hydrogen (secondary N) is 4. The van der Waals surface area contributed by atoms with Gasteiger partial charge >= 0.3 is 0 Å². The van der Waals surface area contributed by atoms with E-state index in [0.29, 0.717) is 56.2 Å². The maximum Gasteiger partial charge on any atom is 0.200 e. The third-order valence-corrected chi connectivity index (χ3v) is 7.37. The largest absolute Gasteiger partial charge is 0.508 e. The summed E-state index contributed by atoms with van der Waals surface area (Å²) >= 11 is 0. The van der Waals surface area contributed by atoms with Gasteiger partial charge in [0.25, 0.3) is 0 Å². The standard InChI is InChI=1S/C22H28N4O6.C14H12O3.2ClH/c27-11-9-23-5-7-25-13-1-2-14(26-8-6-24-10-12-28)18-17(13)21(31)19-15(29)3-4-16(30)20(19)22(18)32;15-12-5-3-10(4-6-12)1-2-11-7-13(16)9-14(17)8-11;;/h1-4,23-30H,5-12H2;1-9,15-17H;2*1H. The molecule has 0 aromatic heterocycles. The molecule has 0 saturated carbocycles. The summed E-state index contributed by atoms with van der Waals surface area (Å²) < 4.78 is 0. The molecule has 1 aliphatic carbocycles. The highest BCUT2D eigenvalue weighted by Crippen LogP contribution is 2.42. The second kappa shape index (κ2) is 20.6. The van der Waals surface area contributed by atoms with E-state index in [1.54, 1.807) is 54.6 Å². The number of carbonyl (C=O) groups excluding carboxylic acids is 2. The Balaban J connectivity index is 0.000000402. The molecule has 1 aliphatic rings. The van der Waals surface area contributed by atoms with Gasteiger partial charge in [-0.25, -0.2) is 0 Å². The minimum Gasteiger partial charge on any atom is -0.508 e. The number of anilines is 2. The van der Waals surface area contributed by atoms with Crippen molar-refractivity contribution >= 4 is 59.9 Å². The van der Waals surface area contributed by atoms with E-state index in [0.717, 1.165) is 5.56 Å². The number of phenolic OH excluding ortho intramolecular Hbond substituents is 5. The molecule has 0 fully saturated rings. The molecular formula is C36H42Cl2N4O9. The van der Waals surface area contributed by atoms with Crippen LogP contribution in [0.25, 0.3) is 12.2 Å². The predicted octanol–water partition coefficient (Wildman–Crippen LogP) is 3.68. The highest BCUT2D eigenvalue weighted by molar-refractivity contribution is 6.33. The van der Waals surface area contributed by atoms with Gasteiger partial charge in [-0.1, -0.05) is 24.3 Å². The van der Waals surface area contributed by atoms with Gasteiger partial charge in [0, 0.05) is 56.7 Å². The molecular weight excluding hydrogens is 703 g/mol. The molecule has 0 unspecified atom stereocenters. The Hall–Kier alpha value is -5.02. The van der Waals surface area contributed by atoms with E-state index in [9.17, 15) is 30.0 Å². The molecule has 0 amide bonds. The minimum absolute atomic E-state index is 0. The summed E-state index contributed by atoms with van der Waals surface area (Å²) in [5.74, 6) is -1.59. The van der Waals surface area contributed by atoms with E-state index in [-0.39, 0.29) is 89.0 Å². The molecule has 13 nitrogen and oxygen atoms in total. The zero-order valence-corrected chi connectivity index (χ0v) is 29.1. The maximum atomic E-state index is 13.4. The number of ketones is 2. The van der Waals surface area contributed by atoms with Crippen LogP contribution in [-0.2, 0) is 0 Å². The van der Waals surface area contributed by atoms with Crippen LogP contribution < -0.4 is 21.3 Å². The van der Waals surface area contributed by atoms with E-state index in [4.69, 9.17) is 15.3 Å². The first kappa shape index (κ1) is 42.1. The molecule has 4 aromatic carbocycles. The quantitative estimate of drug-likeness (QED) is 0.0444. The SMILES string of the molecule is Cl.Cl.O=C1c2c(O)ccc(O)c2C(=O)c2c(NCCNCCO)ccc(NCCNCCO)c21.Oc1ccc(C=Cc2cc(O)cc(O)c2)cc1. The minimum atomic E-state index is -0.559. The Bertz CT molecular complexity index is 1710. The summed E-state index contributed by atoms with van der Waals surface area (Å²) in [5, 5.41) is 78.3. The highest BCUT2D eigenvalue weighted by atomic mass is 35.5. The summed E-state index contributed by atoms with van der Waals surface area (Å²) in [5.41, 5.74) is 2.30. The van der Waals surface area contributed by atoms with E-state index >= 15 is 0 Å². The third-order valence-electron chi connectivity index (χ3n) is 7.37. The van der Waals surface area contributed by atoms with E-state index in [1.165, 1.54) is 18.2 Å². The lowest BCUT2D eigenvalue weighted by atomic mass is 9.81. The number of benzene rings is 4. The fourth-order valence-corrected chi connectivity index (χ4v) is 5.13. The average molecular weight is 746 g/mol. The number of aromatic hydroxyl groups is 5. The van der Waals surface area contributed by atoms with Crippen molar-refractivity contribution in [3.05, 3.63) is 100 Å². The molecule has 0 bridgehead atoms. The van der Waals surface area contributed by atoms with Crippen molar-refractivity contribution in [3.63, 3.8) is 0 Å². The molecule has 0 aliphatic heterocycles. The van der Waals surface area contributed by atoms with Crippen molar-refractivity contribution in [2.45, 2.75) is 0 Å². The van der Waals surface area contributed by atoms with E-state index in [2.05, 4.69) is 21.3 Å². The molecule has 0 atom stereocenters. The molecule has 274 valence electrons. The van der Waals surface area contributed by atoms with Crippen LogP contribution in [0.2, 0.25) is 0 Å². The smallest absolute Gasteiger partial charge is 0.200 e. The van der Waals surface area contributed by atoms with Gasteiger partial charge in [0.05, 0.1) is 35.5 Å². The zero-order valence-electron chi connectivity index (χ0n) is 27.4. The van der Waals surface area contributed by atoms with Crippen LogP contribution >= 0.6 is 24.8 Å². The zero-order chi connectivity index (χ0) is 35.3.